The molecule has 0 atom stereocenters. The predicted molar refractivity (Wildman–Crippen MR) is 73.3 cm³/mol. The lowest BCUT2D eigenvalue weighted by molar-refractivity contribution is 0.370. The molecule has 0 radical (unpaired) electrons. The van der Waals surface area contributed by atoms with Crippen molar-refractivity contribution >= 4 is 16.5 Å². The third-order valence-corrected chi connectivity index (χ3v) is 3.90. The Morgan fingerprint density at radius 2 is 2.28 bits per heavy atom. The number of aryl methyl sites for hydroxylation is 3. The summed E-state index contributed by atoms with van der Waals surface area (Å²) in [7, 11) is 3.55. The molecule has 0 fully saturated rings. The summed E-state index contributed by atoms with van der Waals surface area (Å²) >= 11 is 1.69. The number of hydrogen-bond acceptors (Lipinski definition) is 5. The van der Waals surface area contributed by atoms with E-state index in [9.17, 15) is 0 Å². The van der Waals surface area contributed by atoms with Gasteiger partial charge in [0.15, 0.2) is 5.13 Å². The van der Waals surface area contributed by atoms with E-state index in [-0.39, 0.29) is 0 Å². The van der Waals surface area contributed by atoms with Crippen molar-refractivity contribution in [1.82, 2.24) is 14.8 Å². The van der Waals surface area contributed by atoms with E-state index in [0.717, 1.165) is 28.7 Å². The van der Waals surface area contributed by atoms with Crippen molar-refractivity contribution < 1.29 is 4.74 Å². The van der Waals surface area contributed by atoms with Crippen molar-refractivity contribution in [1.29, 1.82) is 0 Å². The van der Waals surface area contributed by atoms with E-state index < -0.39 is 0 Å². The lowest BCUT2D eigenvalue weighted by atomic mass is 10.2. The quantitative estimate of drug-likeness (QED) is 0.902. The second-order valence-electron chi connectivity index (χ2n) is 4.04. The van der Waals surface area contributed by atoms with Gasteiger partial charge in [-0.05, 0) is 13.3 Å². The SMILES string of the molecule is CCc1cnc(NCc2c(C)nn(C)c2OC)s1. The van der Waals surface area contributed by atoms with Crippen molar-refractivity contribution in [2.75, 3.05) is 12.4 Å². The van der Waals surface area contributed by atoms with Crippen LogP contribution in [0, 0.1) is 6.92 Å². The molecule has 0 saturated carbocycles. The van der Waals surface area contributed by atoms with Crippen LogP contribution >= 0.6 is 11.3 Å². The first-order valence-corrected chi connectivity index (χ1v) is 6.72. The fourth-order valence-corrected chi connectivity index (χ4v) is 2.60. The third-order valence-electron chi connectivity index (χ3n) is 2.80. The average Bonchev–Trinajstić information content (AvgIpc) is 2.91. The van der Waals surface area contributed by atoms with Crippen LogP contribution in [0.4, 0.5) is 5.13 Å². The van der Waals surface area contributed by atoms with E-state index in [1.807, 2.05) is 20.2 Å². The predicted octanol–water partition coefficient (Wildman–Crippen LogP) is 2.37. The monoisotopic (exact) mass is 266 g/mol. The number of nitrogens with zero attached hydrogens (tertiary/aromatic N) is 3. The van der Waals surface area contributed by atoms with E-state index >= 15 is 0 Å². The first-order valence-electron chi connectivity index (χ1n) is 5.90. The highest BCUT2D eigenvalue weighted by atomic mass is 32.1. The van der Waals surface area contributed by atoms with Gasteiger partial charge < -0.3 is 10.1 Å². The first kappa shape index (κ1) is 12.9. The smallest absolute Gasteiger partial charge is 0.216 e. The molecular weight excluding hydrogens is 248 g/mol. The van der Waals surface area contributed by atoms with Crippen LogP contribution in [-0.4, -0.2) is 21.9 Å². The largest absolute Gasteiger partial charge is 0.481 e. The highest BCUT2D eigenvalue weighted by Crippen LogP contribution is 2.24. The van der Waals surface area contributed by atoms with E-state index in [1.165, 1.54) is 4.88 Å². The Labute approximate surface area is 111 Å². The van der Waals surface area contributed by atoms with Crippen LogP contribution < -0.4 is 10.1 Å². The molecule has 0 aliphatic heterocycles. The van der Waals surface area contributed by atoms with Gasteiger partial charge in [0.1, 0.15) is 0 Å². The number of anilines is 1. The second kappa shape index (κ2) is 5.39. The molecule has 0 bridgehead atoms. The molecule has 1 N–H and O–H groups in total. The van der Waals surface area contributed by atoms with Gasteiger partial charge in [0, 0.05) is 24.7 Å². The molecule has 0 unspecified atom stereocenters. The Bertz CT molecular complexity index is 532. The van der Waals surface area contributed by atoms with E-state index in [2.05, 4.69) is 22.3 Å². The van der Waals surface area contributed by atoms with Crippen molar-refractivity contribution in [2.24, 2.45) is 7.05 Å². The minimum Gasteiger partial charge on any atom is -0.481 e. The molecule has 98 valence electrons. The molecule has 0 aromatic carbocycles. The zero-order valence-corrected chi connectivity index (χ0v) is 12.0. The Morgan fingerprint density at radius 3 is 2.89 bits per heavy atom. The van der Waals surface area contributed by atoms with Crippen LogP contribution in [0.25, 0.3) is 0 Å². The molecule has 2 heterocycles. The summed E-state index contributed by atoms with van der Waals surface area (Å²) in [6, 6.07) is 0. The number of rotatable bonds is 5. The molecule has 0 saturated heterocycles. The van der Waals surface area contributed by atoms with Gasteiger partial charge in [-0.1, -0.05) is 6.92 Å². The molecule has 0 spiro atoms. The van der Waals surface area contributed by atoms with Gasteiger partial charge in [0.05, 0.1) is 18.4 Å². The maximum Gasteiger partial charge on any atom is 0.216 e. The van der Waals surface area contributed by atoms with E-state index in [0.29, 0.717) is 6.54 Å². The molecule has 6 heteroatoms. The summed E-state index contributed by atoms with van der Waals surface area (Å²) in [6.07, 6.45) is 2.94. The molecule has 2 rings (SSSR count). The maximum atomic E-state index is 5.36. The highest BCUT2D eigenvalue weighted by molar-refractivity contribution is 7.15. The van der Waals surface area contributed by atoms with Crippen molar-refractivity contribution in [3.8, 4) is 5.88 Å². The van der Waals surface area contributed by atoms with Gasteiger partial charge in [-0.15, -0.1) is 11.3 Å². The molecule has 0 aliphatic rings. The zero-order chi connectivity index (χ0) is 13.1. The first-order chi connectivity index (χ1) is 8.65. The van der Waals surface area contributed by atoms with Crippen LogP contribution in [0.3, 0.4) is 0 Å². The van der Waals surface area contributed by atoms with Gasteiger partial charge in [0.25, 0.3) is 0 Å². The number of aromatic nitrogens is 3. The molecule has 18 heavy (non-hydrogen) atoms. The number of ether oxygens (including phenoxy) is 1. The van der Waals surface area contributed by atoms with Crippen LogP contribution in [0.5, 0.6) is 5.88 Å². The Hall–Kier alpha value is -1.56. The number of methoxy groups -OCH3 is 1. The fourth-order valence-electron chi connectivity index (χ4n) is 1.86. The van der Waals surface area contributed by atoms with Crippen molar-refractivity contribution in [2.45, 2.75) is 26.8 Å². The molecule has 0 aliphatic carbocycles. The minimum absolute atomic E-state index is 0.680. The molecule has 2 aromatic rings. The van der Waals surface area contributed by atoms with Gasteiger partial charge >= 0.3 is 0 Å². The number of nitrogens with one attached hydrogen (secondary N) is 1. The maximum absolute atomic E-state index is 5.36. The summed E-state index contributed by atoms with van der Waals surface area (Å²) < 4.78 is 7.11. The Balaban J connectivity index is 2.10. The summed E-state index contributed by atoms with van der Waals surface area (Å²) in [6.45, 7) is 4.80. The Kier molecular flexibility index (Phi) is 3.86. The second-order valence-corrected chi connectivity index (χ2v) is 5.15. The summed E-state index contributed by atoms with van der Waals surface area (Å²) in [5.74, 6) is 0.798. The third kappa shape index (κ3) is 2.48. The molecular formula is C12H18N4OS. The van der Waals surface area contributed by atoms with Gasteiger partial charge in [-0.3, -0.25) is 0 Å². The van der Waals surface area contributed by atoms with Crippen LogP contribution in [0.2, 0.25) is 0 Å². The van der Waals surface area contributed by atoms with E-state index in [4.69, 9.17) is 4.74 Å². The molecule has 0 amide bonds. The van der Waals surface area contributed by atoms with Crippen LogP contribution in [0.15, 0.2) is 6.20 Å². The van der Waals surface area contributed by atoms with Crippen molar-refractivity contribution in [3.05, 3.63) is 22.3 Å². The molecule has 2 aromatic heterocycles. The van der Waals surface area contributed by atoms with Gasteiger partial charge in [-0.2, -0.15) is 5.10 Å². The summed E-state index contributed by atoms with van der Waals surface area (Å²) in [4.78, 5) is 5.62. The number of hydrogen-bond donors (Lipinski definition) is 1. The topological polar surface area (TPSA) is 52.0 Å². The highest BCUT2D eigenvalue weighted by Gasteiger charge is 2.13. The van der Waals surface area contributed by atoms with Crippen LogP contribution in [0.1, 0.15) is 23.1 Å². The average molecular weight is 266 g/mol. The lowest BCUT2D eigenvalue weighted by Crippen LogP contribution is -2.02. The summed E-state index contributed by atoms with van der Waals surface area (Å²) in [5, 5.41) is 8.61. The minimum atomic E-state index is 0.680. The number of thiazole rings is 1. The molecule has 5 nitrogen and oxygen atoms in total. The zero-order valence-electron chi connectivity index (χ0n) is 11.1. The van der Waals surface area contributed by atoms with Crippen LogP contribution in [-0.2, 0) is 20.0 Å². The lowest BCUT2D eigenvalue weighted by Gasteiger charge is -2.05. The van der Waals surface area contributed by atoms with Gasteiger partial charge in [0.2, 0.25) is 5.88 Å². The standard InChI is InChI=1S/C12H18N4OS/c1-5-9-6-13-12(18-9)14-7-10-8(2)15-16(3)11(10)17-4/h6H,5,7H2,1-4H3,(H,13,14). The van der Waals surface area contributed by atoms with Crippen molar-refractivity contribution in [3.63, 3.8) is 0 Å². The Morgan fingerprint density at radius 1 is 1.50 bits per heavy atom. The fraction of sp³-hybridized carbons (Fsp3) is 0.500. The van der Waals surface area contributed by atoms with E-state index in [1.54, 1.807) is 23.1 Å². The van der Waals surface area contributed by atoms with Gasteiger partial charge in [-0.25, -0.2) is 9.67 Å². The normalized spacial score (nSPS) is 10.7. The summed E-state index contributed by atoms with van der Waals surface area (Å²) in [5.41, 5.74) is 2.06.